The van der Waals surface area contributed by atoms with Crippen molar-refractivity contribution in [1.82, 2.24) is 14.9 Å². The monoisotopic (exact) mass is 404 g/mol. The molecular formula is C19H21FN4O5. The zero-order chi connectivity index (χ0) is 21.2. The summed E-state index contributed by atoms with van der Waals surface area (Å²) >= 11 is 0. The molecule has 154 valence electrons. The zero-order valence-electron chi connectivity index (χ0n) is 16.0. The van der Waals surface area contributed by atoms with Gasteiger partial charge in [-0.05, 0) is 31.0 Å². The number of aromatic nitrogens is 2. The van der Waals surface area contributed by atoms with Crippen molar-refractivity contribution in [2.45, 2.75) is 18.4 Å². The number of benzene rings is 1. The number of amides is 2. The molecule has 2 amide bonds. The molecule has 0 radical (unpaired) electrons. The highest BCUT2D eigenvalue weighted by molar-refractivity contribution is 5.97. The van der Waals surface area contributed by atoms with Crippen LogP contribution in [0.3, 0.4) is 0 Å². The van der Waals surface area contributed by atoms with Gasteiger partial charge in [0.15, 0.2) is 0 Å². The molecular weight excluding hydrogens is 383 g/mol. The molecule has 2 heterocycles. The van der Waals surface area contributed by atoms with Crippen molar-refractivity contribution < 1.29 is 28.6 Å². The van der Waals surface area contributed by atoms with E-state index in [-0.39, 0.29) is 48.9 Å². The van der Waals surface area contributed by atoms with E-state index in [0.717, 1.165) is 6.07 Å². The van der Waals surface area contributed by atoms with Crippen LogP contribution in [0.5, 0.6) is 11.9 Å². The average molecular weight is 404 g/mol. The van der Waals surface area contributed by atoms with Gasteiger partial charge in [-0.3, -0.25) is 9.59 Å². The number of halogens is 1. The molecule has 3 rings (SSSR count). The highest BCUT2D eigenvalue weighted by Crippen LogP contribution is 2.37. The number of likely N-dealkylation sites (tertiary alicyclic amines) is 1. The summed E-state index contributed by atoms with van der Waals surface area (Å²) in [6.45, 7) is 0.364. The van der Waals surface area contributed by atoms with Gasteiger partial charge in [0.05, 0.1) is 30.9 Å². The van der Waals surface area contributed by atoms with Crippen LogP contribution in [0.15, 0.2) is 24.4 Å². The van der Waals surface area contributed by atoms with E-state index >= 15 is 0 Å². The Labute approximate surface area is 166 Å². The highest BCUT2D eigenvalue weighted by Gasteiger charge is 2.39. The molecule has 0 saturated carbocycles. The molecule has 0 atom stereocenters. The third-order valence-corrected chi connectivity index (χ3v) is 4.97. The van der Waals surface area contributed by atoms with Gasteiger partial charge in [0.2, 0.25) is 11.8 Å². The van der Waals surface area contributed by atoms with Crippen LogP contribution >= 0.6 is 0 Å². The van der Waals surface area contributed by atoms with Gasteiger partial charge < -0.3 is 25.2 Å². The second kappa shape index (κ2) is 8.00. The van der Waals surface area contributed by atoms with Crippen LogP contribution in [0.1, 0.15) is 39.1 Å². The van der Waals surface area contributed by atoms with Crippen molar-refractivity contribution >= 4 is 11.8 Å². The third-order valence-electron chi connectivity index (χ3n) is 4.97. The van der Waals surface area contributed by atoms with Gasteiger partial charge in [-0.25, -0.2) is 9.37 Å². The molecule has 29 heavy (non-hydrogen) atoms. The van der Waals surface area contributed by atoms with Crippen LogP contribution < -0.4 is 15.2 Å². The van der Waals surface area contributed by atoms with Gasteiger partial charge in [-0.2, -0.15) is 4.98 Å². The predicted molar refractivity (Wildman–Crippen MR) is 99.1 cm³/mol. The fourth-order valence-electron chi connectivity index (χ4n) is 3.29. The highest BCUT2D eigenvalue weighted by atomic mass is 19.1. The predicted octanol–water partition coefficient (Wildman–Crippen LogP) is 0.856. The van der Waals surface area contributed by atoms with Gasteiger partial charge in [0.1, 0.15) is 5.82 Å². The lowest BCUT2D eigenvalue weighted by Gasteiger charge is -2.38. The third kappa shape index (κ3) is 3.97. The van der Waals surface area contributed by atoms with E-state index < -0.39 is 23.2 Å². The van der Waals surface area contributed by atoms with Crippen LogP contribution in [0, 0.1) is 5.82 Å². The number of hydrogen-bond donors (Lipinski definition) is 2. The summed E-state index contributed by atoms with van der Waals surface area (Å²) < 4.78 is 24.5. The van der Waals surface area contributed by atoms with E-state index in [4.69, 9.17) is 15.2 Å². The summed E-state index contributed by atoms with van der Waals surface area (Å²) in [6, 6.07) is 3.59. The number of ether oxygens (including phenoxy) is 2. The van der Waals surface area contributed by atoms with E-state index in [9.17, 15) is 19.1 Å². The van der Waals surface area contributed by atoms with E-state index in [1.807, 2.05) is 0 Å². The first kappa shape index (κ1) is 20.5. The van der Waals surface area contributed by atoms with E-state index in [0.29, 0.717) is 5.56 Å². The average Bonchev–Trinajstić information content (AvgIpc) is 2.73. The minimum Gasteiger partial charge on any atom is -0.481 e. The lowest BCUT2D eigenvalue weighted by molar-refractivity contribution is -0.0234. The molecule has 1 fully saturated rings. The van der Waals surface area contributed by atoms with Gasteiger partial charge in [-0.15, -0.1) is 0 Å². The Kier molecular flexibility index (Phi) is 5.64. The van der Waals surface area contributed by atoms with Crippen molar-refractivity contribution in [1.29, 1.82) is 0 Å². The zero-order valence-corrected chi connectivity index (χ0v) is 16.0. The second-order valence-corrected chi connectivity index (χ2v) is 6.66. The standard InChI is InChI=1S/C19H21FN4O5/c1-28-16-13(10-22-18(23-16)29-2)19(27)5-7-24(8-6-19)17(26)12-4-3-11(15(21)25)9-14(12)20/h3-4,9-10,27H,5-8H2,1-2H3,(H2,21,25). The topological polar surface area (TPSA) is 128 Å². The SMILES string of the molecule is COc1ncc(C2(O)CCN(C(=O)c3ccc(C(N)=O)cc3F)CC2)c(OC)n1. The molecule has 1 saturated heterocycles. The van der Waals surface area contributed by atoms with Crippen LogP contribution in [0.25, 0.3) is 0 Å². The smallest absolute Gasteiger partial charge is 0.319 e. The van der Waals surface area contributed by atoms with Crippen LogP contribution in [-0.2, 0) is 5.60 Å². The number of primary amides is 1. The number of nitrogens with zero attached hydrogens (tertiary/aromatic N) is 3. The molecule has 3 N–H and O–H groups in total. The number of nitrogens with two attached hydrogens (primary N) is 1. The summed E-state index contributed by atoms with van der Waals surface area (Å²) in [5.41, 5.74) is 4.04. The summed E-state index contributed by atoms with van der Waals surface area (Å²) in [4.78, 5) is 33.4. The maximum Gasteiger partial charge on any atom is 0.319 e. The van der Waals surface area contributed by atoms with Gasteiger partial charge in [-0.1, -0.05) is 0 Å². The molecule has 1 aromatic carbocycles. The normalized spacial score (nSPS) is 15.7. The second-order valence-electron chi connectivity index (χ2n) is 6.66. The number of piperidine rings is 1. The fraction of sp³-hybridized carbons (Fsp3) is 0.368. The Morgan fingerprint density at radius 3 is 2.48 bits per heavy atom. The largest absolute Gasteiger partial charge is 0.481 e. The lowest BCUT2D eigenvalue weighted by Crippen LogP contribution is -2.45. The summed E-state index contributed by atoms with van der Waals surface area (Å²) in [6.07, 6.45) is 1.81. The molecule has 1 aliphatic rings. The van der Waals surface area contributed by atoms with Crippen molar-refractivity contribution in [3.8, 4) is 11.9 Å². The summed E-state index contributed by atoms with van der Waals surface area (Å²) in [7, 11) is 2.84. The molecule has 10 heteroatoms. The van der Waals surface area contributed by atoms with Crippen molar-refractivity contribution in [3.63, 3.8) is 0 Å². The number of methoxy groups -OCH3 is 2. The summed E-state index contributed by atoms with van der Waals surface area (Å²) in [5, 5.41) is 11.1. The van der Waals surface area contributed by atoms with Gasteiger partial charge >= 0.3 is 6.01 Å². The number of carbonyl (C=O) groups is 2. The molecule has 0 bridgehead atoms. The Morgan fingerprint density at radius 2 is 1.93 bits per heavy atom. The molecule has 1 aromatic heterocycles. The Morgan fingerprint density at radius 1 is 1.24 bits per heavy atom. The Bertz CT molecular complexity index is 944. The van der Waals surface area contributed by atoms with Crippen molar-refractivity contribution in [3.05, 3.63) is 46.9 Å². The van der Waals surface area contributed by atoms with Gasteiger partial charge in [0, 0.05) is 24.8 Å². The van der Waals surface area contributed by atoms with Crippen molar-refractivity contribution in [2.75, 3.05) is 27.3 Å². The minimum atomic E-state index is -1.30. The quantitative estimate of drug-likeness (QED) is 0.756. The molecule has 0 spiro atoms. The first-order chi connectivity index (χ1) is 13.8. The number of rotatable bonds is 5. The van der Waals surface area contributed by atoms with Gasteiger partial charge in [0.25, 0.3) is 5.91 Å². The Hall–Kier alpha value is -3.27. The first-order valence-corrected chi connectivity index (χ1v) is 8.85. The van der Waals surface area contributed by atoms with Crippen LogP contribution in [-0.4, -0.2) is 59.1 Å². The maximum atomic E-state index is 14.3. The fourth-order valence-corrected chi connectivity index (χ4v) is 3.29. The van der Waals surface area contributed by atoms with E-state index in [2.05, 4.69) is 9.97 Å². The molecule has 9 nitrogen and oxygen atoms in total. The lowest BCUT2D eigenvalue weighted by atomic mass is 9.85. The van der Waals surface area contributed by atoms with E-state index in [1.54, 1.807) is 0 Å². The minimum absolute atomic E-state index is 0.0151. The summed E-state index contributed by atoms with van der Waals surface area (Å²) in [5.74, 6) is -1.94. The first-order valence-electron chi connectivity index (χ1n) is 8.85. The molecule has 1 aliphatic heterocycles. The van der Waals surface area contributed by atoms with Crippen LogP contribution in [0.2, 0.25) is 0 Å². The molecule has 0 aliphatic carbocycles. The molecule has 0 unspecified atom stereocenters. The number of hydrogen-bond acceptors (Lipinski definition) is 7. The van der Waals surface area contributed by atoms with Crippen LogP contribution in [0.4, 0.5) is 4.39 Å². The van der Waals surface area contributed by atoms with E-state index in [1.165, 1.54) is 37.4 Å². The Balaban J connectivity index is 1.76. The van der Waals surface area contributed by atoms with Crippen molar-refractivity contribution in [2.24, 2.45) is 5.73 Å². The maximum absolute atomic E-state index is 14.3. The molecule has 2 aromatic rings. The number of aliphatic hydroxyl groups is 1. The number of carbonyl (C=O) groups excluding carboxylic acids is 2.